The smallest absolute Gasteiger partial charge is 0.243 e. The van der Waals surface area contributed by atoms with Crippen molar-refractivity contribution in [2.75, 3.05) is 0 Å². The molecule has 0 fully saturated rings. The Bertz CT molecular complexity index is 998. The Balaban J connectivity index is 2.14. The minimum Gasteiger partial charge on any atom is -0.352 e. The molecule has 0 aliphatic heterocycles. The summed E-state index contributed by atoms with van der Waals surface area (Å²) in [6.07, 6.45) is 0.489. The summed E-state index contributed by atoms with van der Waals surface area (Å²) >= 11 is 18.7. The SMILES string of the molecule is CC(C)NC(=O)[C@H](C)n1c(Cc2ccccc2Cl)nc2cc(Cl)c(Cl)cc21. The minimum atomic E-state index is -0.466. The van der Waals surface area contributed by atoms with E-state index in [0.29, 0.717) is 27.0 Å². The molecule has 27 heavy (non-hydrogen) atoms. The predicted octanol–water partition coefficient (Wildman–Crippen LogP) is 5.67. The summed E-state index contributed by atoms with van der Waals surface area (Å²) in [5, 5.41) is 4.46. The molecule has 1 atom stereocenters. The molecule has 3 aromatic rings. The average Bonchev–Trinajstić information content (AvgIpc) is 2.93. The van der Waals surface area contributed by atoms with Crippen LogP contribution in [-0.2, 0) is 11.2 Å². The van der Waals surface area contributed by atoms with Gasteiger partial charge in [-0.3, -0.25) is 4.79 Å². The number of carbonyl (C=O) groups is 1. The third-order valence-electron chi connectivity index (χ3n) is 4.31. The molecule has 1 N–H and O–H groups in total. The minimum absolute atomic E-state index is 0.0415. The number of nitrogens with one attached hydrogen (secondary N) is 1. The molecule has 4 nitrogen and oxygen atoms in total. The van der Waals surface area contributed by atoms with Gasteiger partial charge in [0.15, 0.2) is 0 Å². The van der Waals surface area contributed by atoms with Crippen LogP contribution in [0.4, 0.5) is 0 Å². The first-order chi connectivity index (χ1) is 12.8. The molecule has 7 heteroatoms. The van der Waals surface area contributed by atoms with Crippen molar-refractivity contribution in [3.8, 4) is 0 Å². The van der Waals surface area contributed by atoms with E-state index < -0.39 is 6.04 Å². The normalized spacial score (nSPS) is 12.6. The summed E-state index contributed by atoms with van der Waals surface area (Å²) in [5.74, 6) is 0.638. The maximum atomic E-state index is 12.7. The number of imidazole rings is 1. The first-order valence-electron chi connectivity index (χ1n) is 8.67. The molecule has 2 aromatic carbocycles. The molecule has 0 saturated carbocycles. The van der Waals surface area contributed by atoms with Gasteiger partial charge in [0.2, 0.25) is 5.91 Å². The van der Waals surface area contributed by atoms with Crippen molar-refractivity contribution in [2.24, 2.45) is 0 Å². The first kappa shape index (κ1) is 20.0. The fraction of sp³-hybridized carbons (Fsp3) is 0.300. The lowest BCUT2D eigenvalue weighted by Crippen LogP contribution is -2.36. The largest absolute Gasteiger partial charge is 0.352 e. The van der Waals surface area contributed by atoms with Gasteiger partial charge in [-0.2, -0.15) is 0 Å². The van der Waals surface area contributed by atoms with Crippen molar-refractivity contribution < 1.29 is 4.79 Å². The zero-order chi connectivity index (χ0) is 19.7. The molecule has 0 unspecified atom stereocenters. The molecule has 0 bridgehead atoms. The Hall–Kier alpha value is -1.75. The topological polar surface area (TPSA) is 46.9 Å². The number of amides is 1. The lowest BCUT2D eigenvalue weighted by Gasteiger charge is -2.19. The van der Waals surface area contributed by atoms with Gasteiger partial charge in [0.1, 0.15) is 11.9 Å². The van der Waals surface area contributed by atoms with Crippen molar-refractivity contribution in [3.63, 3.8) is 0 Å². The van der Waals surface area contributed by atoms with Gasteiger partial charge < -0.3 is 9.88 Å². The van der Waals surface area contributed by atoms with E-state index in [2.05, 4.69) is 5.32 Å². The number of carbonyl (C=O) groups excluding carboxylic acids is 1. The zero-order valence-corrected chi connectivity index (χ0v) is 17.5. The Morgan fingerprint density at radius 2 is 1.74 bits per heavy atom. The highest BCUT2D eigenvalue weighted by molar-refractivity contribution is 6.42. The van der Waals surface area contributed by atoms with E-state index in [-0.39, 0.29) is 11.9 Å². The second-order valence-electron chi connectivity index (χ2n) is 6.76. The third-order valence-corrected chi connectivity index (χ3v) is 5.40. The molecule has 0 saturated heterocycles. The van der Waals surface area contributed by atoms with Gasteiger partial charge in [-0.05, 0) is 44.5 Å². The summed E-state index contributed by atoms with van der Waals surface area (Å²) < 4.78 is 1.90. The standard InChI is InChI=1S/C20H20Cl3N3O/c1-11(2)24-20(27)12(3)26-18-10-16(23)15(22)9-17(18)25-19(26)8-13-6-4-5-7-14(13)21/h4-7,9-12H,8H2,1-3H3,(H,24,27)/t12-/m0/s1. The van der Waals surface area contributed by atoms with E-state index in [1.165, 1.54) is 0 Å². The molecule has 1 heterocycles. The number of halogens is 3. The van der Waals surface area contributed by atoms with Crippen molar-refractivity contribution >= 4 is 51.7 Å². The van der Waals surface area contributed by atoms with Gasteiger partial charge >= 0.3 is 0 Å². The maximum Gasteiger partial charge on any atom is 0.243 e. The number of aromatic nitrogens is 2. The van der Waals surface area contributed by atoms with Crippen molar-refractivity contribution in [1.82, 2.24) is 14.9 Å². The van der Waals surface area contributed by atoms with Gasteiger partial charge in [-0.15, -0.1) is 0 Å². The highest BCUT2D eigenvalue weighted by atomic mass is 35.5. The summed E-state index contributed by atoms with van der Waals surface area (Å²) in [5.41, 5.74) is 2.39. The molecular weight excluding hydrogens is 405 g/mol. The summed E-state index contributed by atoms with van der Waals surface area (Å²) in [7, 11) is 0. The van der Waals surface area contributed by atoms with Crippen LogP contribution in [0.1, 0.15) is 38.2 Å². The average molecular weight is 425 g/mol. The Morgan fingerprint density at radius 3 is 2.41 bits per heavy atom. The third kappa shape index (κ3) is 4.23. The van der Waals surface area contributed by atoms with Crippen molar-refractivity contribution in [2.45, 2.75) is 39.3 Å². The van der Waals surface area contributed by atoms with E-state index in [0.717, 1.165) is 16.9 Å². The van der Waals surface area contributed by atoms with Gasteiger partial charge in [0.25, 0.3) is 0 Å². The number of nitrogens with zero attached hydrogens (tertiary/aromatic N) is 2. The van der Waals surface area contributed by atoms with Crippen LogP contribution in [0.3, 0.4) is 0 Å². The van der Waals surface area contributed by atoms with Gasteiger partial charge in [-0.25, -0.2) is 4.98 Å². The lowest BCUT2D eigenvalue weighted by molar-refractivity contribution is -0.124. The molecule has 0 radical (unpaired) electrons. The summed E-state index contributed by atoms with van der Waals surface area (Å²) in [6, 6.07) is 10.6. The van der Waals surface area contributed by atoms with E-state index in [9.17, 15) is 4.79 Å². The molecule has 0 aliphatic rings. The highest BCUT2D eigenvalue weighted by Gasteiger charge is 2.23. The first-order valence-corrected chi connectivity index (χ1v) is 9.81. The summed E-state index contributed by atoms with van der Waals surface area (Å²) in [6.45, 7) is 5.70. The number of hydrogen-bond acceptors (Lipinski definition) is 2. The molecule has 1 amide bonds. The van der Waals surface area contributed by atoms with Crippen LogP contribution in [0.2, 0.25) is 15.1 Å². The van der Waals surface area contributed by atoms with E-state index in [1.54, 1.807) is 12.1 Å². The monoisotopic (exact) mass is 423 g/mol. The number of fused-ring (bicyclic) bond motifs is 1. The van der Waals surface area contributed by atoms with Gasteiger partial charge in [0, 0.05) is 17.5 Å². The second-order valence-corrected chi connectivity index (χ2v) is 7.98. The van der Waals surface area contributed by atoms with Crippen LogP contribution in [0, 0.1) is 0 Å². The molecule has 1 aromatic heterocycles. The van der Waals surface area contributed by atoms with Crippen LogP contribution in [0.5, 0.6) is 0 Å². The molecule has 0 spiro atoms. The quantitative estimate of drug-likeness (QED) is 0.573. The van der Waals surface area contributed by atoms with Crippen LogP contribution in [0.15, 0.2) is 36.4 Å². The van der Waals surface area contributed by atoms with Gasteiger partial charge in [0.05, 0.1) is 21.1 Å². The molecule has 0 aliphatic carbocycles. The maximum absolute atomic E-state index is 12.7. The fourth-order valence-corrected chi connectivity index (χ4v) is 3.55. The molecule has 142 valence electrons. The Kier molecular flexibility index (Phi) is 5.99. The highest BCUT2D eigenvalue weighted by Crippen LogP contribution is 2.31. The van der Waals surface area contributed by atoms with Crippen molar-refractivity contribution in [1.29, 1.82) is 0 Å². The van der Waals surface area contributed by atoms with Crippen LogP contribution >= 0.6 is 34.8 Å². The number of hydrogen-bond donors (Lipinski definition) is 1. The van der Waals surface area contributed by atoms with Crippen LogP contribution in [-0.4, -0.2) is 21.5 Å². The number of benzene rings is 2. The van der Waals surface area contributed by atoms with E-state index in [1.807, 2.05) is 49.6 Å². The predicted molar refractivity (Wildman–Crippen MR) is 112 cm³/mol. The Morgan fingerprint density at radius 1 is 1.07 bits per heavy atom. The Labute approximate surface area is 173 Å². The lowest BCUT2D eigenvalue weighted by atomic mass is 10.1. The van der Waals surface area contributed by atoms with Crippen molar-refractivity contribution in [3.05, 3.63) is 62.9 Å². The fourth-order valence-electron chi connectivity index (χ4n) is 3.03. The zero-order valence-electron chi connectivity index (χ0n) is 15.3. The van der Waals surface area contributed by atoms with Gasteiger partial charge in [-0.1, -0.05) is 53.0 Å². The van der Waals surface area contributed by atoms with E-state index >= 15 is 0 Å². The number of rotatable bonds is 5. The second kappa shape index (κ2) is 8.09. The van der Waals surface area contributed by atoms with Crippen LogP contribution in [0.25, 0.3) is 11.0 Å². The summed E-state index contributed by atoms with van der Waals surface area (Å²) in [4.78, 5) is 17.4. The molecular formula is C20H20Cl3N3O. The van der Waals surface area contributed by atoms with E-state index in [4.69, 9.17) is 39.8 Å². The molecule has 3 rings (SSSR count). The van der Waals surface area contributed by atoms with Crippen LogP contribution < -0.4 is 5.32 Å².